The van der Waals surface area contributed by atoms with Gasteiger partial charge in [-0.05, 0) is 19.8 Å². The molecule has 0 spiro atoms. The van der Waals surface area contributed by atoms with Crippen LogP contribution in [0.1, 0.15) is 54.6 Å². The molecule has 6 nitrogen and oxygen atoms in total. The van der Waals surface area contributed by atoms with E-state index in [1.165, 1.54) is 7.11 Å². The molecule has 1 aliphatic rings. The highest BCUT2D eigenvalue weighted by atomic mass is 16.5. The summed E-state index contributed by atoms with van der Waals surface area (Å²) in [6.07, 6.45) is 5.84. The van der Waals surface area contributed by atoms with Crippen molar-refractivity contribution in [1.82, 2.24) is 15.1 Å². The van der Waals surface area contributed by atoms with Gasteiger partial charge in [0.05, 0.1) is 18.4 Å². The lowest BCUT2D eigenvalue weighted by molar-refractivity contribution is 0.0246. The van der Waals surface area contributed by atoms with Crippen LogP contribution >= 0.6 is 0 Å². The predicted molar refractivity (Wildman–Crippen MR) is 79.5 cm³/mol. The molecule has 0 unspecified atom stereocenters. The lowest BCUT2D eigenvalue weighted by Gasteiger charge is -2.26. The average Bonchev–Trinajstić information content (AvgIpc) is 2.61. The smallest absolute Gasteiger partial charge is 0.258 e. The van der Waals surface area contributed by atoms with E-state index < -0.39 is 5.60 Å². The van der Waals surface area contributed by atoms with Crippen molar-refractivity contribution < 1.29 is 14.6 Å². The van der Waals surface area contributed by atoms with Crippen LogP contribution in [-0.2, 0) is 7.05 Å². The molecule has 1 amide bonds. The van der Waals surface area contributed by atoms with E-state index in [4.69, 9.17) is 4.74 Å². The minimum atomic E-state index is -0.782. The number of hydrogen-bond acceptors (Lipinski definition) is 4. The van der Waals surface area contributed by atoms with Gasteiger partial charge in [-0.3, -0.25) is 4.79 Å². The average molecular weight is 295 g/mol. The van der Waals surface area contributed by atoms with Crippen LogP contribution in [-0.4, -0.2) is 40.0 Å². The molecule has 1 aromatic rings. The van der Waals surface area contributed by atoms with Crippen LogP contribution in [0.25, 0.3) is 0 Å². The number of ether oxygens (including phenoxy) is 1. The van der Waals surface area contributed by atoms with Crippen molar-refractivity contribution in [2.45, 2.75) is 51.0 Å². The SMILES string of the molecule is COc1c(C(=O)NCC2(O)CCCCCC2)c(C)nn1C. The monoisotopic (exact) mass is 295 g/mol. The number of hydrogen-bond donors (Lipinski definition) is 2. The highest BCUT2D eigenvalue weighted by Gasteiger charge is 2.30. The van der Waals surface area contributed by atoms with Crippen LogP contribution in [0, 0.1) is 6.92 Å². The molecule has 0 bridgehead atoms. The third-order valence-corrected chi connectivity index (χ3v) is 4.20. The zero-order valence-corrected chi connectivity index (χ0v) is 13.1. The number of rotatable bonds is 4. The van der Waals surface area contributed by atoms with Crippen molar-refractivity contribution >= 4 is 5.91 Å². The van der Waals surface area contributed by atoms with Crippen LogP contribution in [0.2, 0.25) is 0 Å². The molecule has 2 N–H and O–H groups in total. The zero-order chi connectivity index (χ0) is 15.5. The maximum atomic E-state index is 12.4. The Morgan fingerprint density at radius 3 is 2.57 bits per heavy atom. The van der Waals surface area contributed by atoms with Gasteiger partial charge in [-0.2, -0.15) is 5.10 Å². The molecule has 21 heavy (non-hydrogen) atoms. The Kier molecular flexibility index (Phi) is 4.88. The first-order valence-electron chi connectivity index (χ1n) is 7.55. The first-order chi connectivity index (χ1) is 9.97. The van der Waals surface area contributed by atoms with Crippen molar-refractivity contribution in [1.29, 1.82) is 0 Å². The number of nitrogens with zero attached hydrogens (tertiary/aromatic N) is 2. The molecule has 118 valence electrons. The largest absolute Gasteiger partial charge is 0.481 e. The second-order valence-electron chi connectivity index (χ2n) is 5.91. The molecule has 0 saturated heterocycles. The Labute approximate surface area is 125 Å². The lowest BCUT2D eigenvalue weighted by Crippen LogP contribution is -2.42. The number of nitrogens with one attached hydrogen (secondary N) is 1. The third kappa shape index (κ3) is 3.56. The quantitative estimate of drug-likeness (QED) is 0.826. The standard InChI is InChI=1S/C15H25N3O3/c1-11-12(14(21-3)18(2)17-11)13(19)16-10-15(20)8-6-4-5-7-9-15/h20H,4-10H2,1-3H3,(H,16,19). The Balaban J connectivity index is 2.05. The predicted octanol–water partition coefficient (Wildman–Crippen LogP) is 1.55. The first kappa shape index (κ1) is 15.8. The number of amides is 1. The second kappa shape index (κ2) is 6.47. The van der Waals surface area contributed by atoms with Crippen LogP contribution in [0.5, 0.6) is 5.88 Å². The Morgan fingerprint density at radius 1 is 1.38 bits per heavy atom. The van der Waals surface area contributed by atoms with Crippen molar-refractivity contribution in [3.8, 4) is 5.88 Å². The molecule has 1 fully saturated rings. The summed E-state index contributed by atoms with van der Waals surface area (Å²) in [5.74, 6) is 0.202. The summed E-state index contributed by atoms with van der Waals surface area (Å²) in [5.41, 5.74) is 0.284. The molecular weight excluding hydrogens is 270 g/mol. The lowest BCUT2D eigenvalue weighted by atomic mass is 9.94. The van der Waals surface area contributed by atoms with Gasteiger partial charge >= 0.3 is 0 Å². The van der Waals surface area contributed by atoms with Crippen molar-refractivity contribution in [3.05, 3.63) is 11.3 Å². The molecule has 1 aliphatic carbocycles. The summed E-state index contributed by atoms with van der Waals surface area (Å²) in [6.45, 7) is 2.06. The fourth-order valence-corrected chi connectivity index (χ4v) is 3.03. The van der Waals surface area contributed by atoms with Gasteiger partial charge in [-0.15, -0.1) is 0 Å². The van der Waals surface area contributed by atoms with E-state index in [9.17, 15) is 9.90 Å². The second-order valence-corrected chi connectivity index (χ2v) is 5.91. The van der Waals surface area contributed by atoms with Gasteiger partial charge in [0.1, 0.15) is 5.56 Å². The molecule has 1 aromatic heterocycles. The minimum Gasteiger partial charge on any atom is -0.481 e. The Bertz CT molecular complexity index is 503. The Morgan fingerprint density at radius 2 is 2.00 bits per heavy atom. The molecule has 0 atom stereocenters. The molecule has 0 aliphatic heterocycles. The Hall–Kier alpha value is -1.56. The number of aromatic nitrogens is 2. The summed E-state index contributed by atoms with van der Waals surface area (Å²) in [4.78, 5) is 12.4. The minimum absolute atomic E-state index is 0.241. The van der Waals surface area contributed by atoms with E-state index in [1.807, 2.05) is 0 Å². The fraction of sp³-hybridized carbons (Fsp3) is 0.733. The van der Waals surface area contributed by atoms with Crippen molar-refractivity contribution in [2.24, 2.45) is 7.05 Å². The van der Waals surface area contributed by atoms with Gasteiger partial charge < -0.3 is 15.2 Å². The van der Waals surface area contributed by atoms with Gasteiger partial charge in [0.25, 0.3) is 5.91 Å². The van der Waals surface area contributed by atoms with Crippen LogP contribution < -0.4 is 10.1 Å². The summed E-state index contributed by atoms with van der Waals surface area (Å²) in [7, 11) is 3.26. The fourth-order valence-electron chi connectivity index (χ4n) is 3.03. The number of aryl methyl sites for hydroxylation is 2. The summed E-state index contributed by atoms with van der Waals surface area (Å²) < 4.78 is 6.78. The van der Waals surface area contributed by atoms with Gasteiger partial charge in [0.2, 0.25) is 5.88 Å². The summed E-state index contributed by atoms with van der Waals surface area (Å²) >= 11 is 0. The topological polar surface area (TPSA) is 76.4 Å². The number of methoxy groups -OCH3 is 1. The molecule has 0 aromatic carbocycles. The highest BCUT2D eigenvalue weighted by molar-refractivity contribution is 5.97. The molecule has 0 radical (unpaired) electrons. The normalized spacial score (nSPS) is 18.1. The highest BCUT2D eigenvalue weighted by Crippen LogP contribution is 2.27. The summed E-state index contributed by atoms with van der Waals surface area (Å²) in [6, 6.07) is 0. The van der Waals surface area contributed by atoms with E-state index in [0.717, 1.165) is 38.5 Å². The van der Waals surface area contributed by atoms with Gasteiger partial charge in [-0.1, -0.05) is 25.7 Å². The van der Waals surface area contributed by atoms with E-state index >= 15 is 0 Å². The summed E-state index contributed by atoms with van der Waals surface area (Å²) in [5, 5.41) is 17.6. The van der Waals surface area contributed by atoms with Crippen LogP contribution in [0.4, 0.5) is 0 Å². The molecule has 1 heterocycles. The number of aliphatic hydroxyl groups is 1. The van der Waals surface area contributed by atoms with Crippen molar-refractivity contribution in [3.63, 3.8) is 0 Å². The third-order valence-electron chi connectivity index (χ3n) is 4.20. The van der Waals surface area contributed by atoms with E-state index in [0.29, 0.717) is 17.1 Å². The van der Waals surface area contributed by atoms with E-state index in [-0.39, 0.29) is 12.5 Å². The number of carbonyl (C=O) groups is 1. The van der Waals surface area contributed by atoms with Gasteiger partial charge in [-0.25, -0.2) is 4.68 Å². The van der Waals surface area contributed by atoms with Gasteiger partial charge in [0.15, 0.2) is 0 Å². The first-order valence-corrected chi connectivity index (χ1v) is 7.55. The maximum Gasteiger partial charge on any atom is 0.258 e. The molecule has 6 heteroatoms. The number of carbonyl (C=O) groups excluding carboxylic acids is 1. The van der Waals surface area contributed by atoms with E-state index in [1.54, 1.807) is 18.7 Å². The van der Waals surface area contributed by atoms with Crippen LogP contribution in [0.3, 0.4) is 0 Å². The maximum absolute atomic E-state index is 12.4. The van der Waals surface area contributed by atoms with Crippen LogP contribution in [0.15, 0.2) is 0 Å². The molecular formula is C15H25N3O3. The molecule has 2 rings (SSSR count). The zero-order valence-electron chi connectivity index (χ0n) is 13.1. The van der Waals surface area contributed by atoms with Gasteiger partial charge in [0, 0.05) is 13.6 Å². The van der Waals surface area contributed by atoms with E-state index in [2.05, 4.69) is 10.4 Å². The molecule has 1 saturated carbocycles. The van der Waals surface area contributed by atoms with Crippen molar-refractivity contribution in [2.75, 3.05) is 13.7 Å².